The van der Waals surface area contributed by atoms with E-state index in [0.717, 1.165) is 30.6 Å². The highest BCUT2D eigenvalue weighted by Crippen LogP contribution is 2.29. The minimum absolute atomic E-state index is 0.203. The Hall–Kier alpha value is -2.14. The number of pyridine rings is 1. The van der Waals surface area contributed by atoms with E-state index in [1.54, 1.807) is 6.20 Å². The molecule has 2 heterocycles. The molecule has 1 aromatic carbocycles. The first kappa shape index (κ1) is 24.5. The Morgan fingerprint density at radius 2 is 1.56 bits per heavy atom. The zero-order chi connectivity index (χ0) is 22.6. The fourth-order valence-electron chi connectivity index (χ4n) is 3.85. The number of hydrogen-bond acceptors (Lipinski definition) is 4. The van der Waals surface area contributed by atoms with E-state index in [0.29, 0.717) is 30.8 Å². The van der Waals surface area contributed by atoms with Gasteiger partial charge < -0.3 is 14.2 Å². The first-order valence-corrected chi connectivity index (χ1v) is 12.4. The molecule has 0 bridgehead atoms. The molecule has 1 fully saturated rings. The van der Waals surface area contributed by atoms with Crippen LogP contribution in [-0.2, 0) is 4.74 Å². The summed E-state index contributed by atoms with van der Waals surface area (Å²) >= 11 is 0. The van der Waals surface area contributed by atoms with Gasteiger partial charge in [-0.2, -0.15) is 0 Å². The second kappa shape index (κ2) is 13.4. The van der Waals surface area contributed by atoms with Gasteiger partial charge in [0.2, 0.25) is 0 Å². The molecule has 2 atom stereocenters. The van der Waals surface area contributed by atoms with E-state index in [-0.39, 0.29) is 11.9 Å². The second-order valence-corrected chi connectivity index (χ2v) is 8.66. The Bertz CT molecular complexity index is 796. The third kappa shape index (κ3) is 8.09. The molecule has 1 aromatic heterocycles. The van der Waals surface area contributed by atoms with Gasteiger partial charge in [-0.3, -0.25) is 0 Å². The van der Waals surface area contributed by atoms with Gasteiger partial charge in [0.1, 0.15) is 29.9 Å². The third-order valence-corrected chi connectivity index (χ3v) is 5.90. The molecule has 0 saturated carbocycles. The molecule has 2 aromatic rings. The fourth-order valence-corrected chi connectivity index (χ4v) is 3.85. The predicted molar refractivity (Wildman–Crippen MR) is 127 cm³/mol. The summed E-state index contributed by atoms with van der Waals surface area (Å²) in [5.74, 6) is 0.869. The lowest BCUT2D eigenvalue weighted by Gasteiger charge is -2.09. The molecule has 1 aliphatic rings. The molecule has 1 aliphatic heterocycles. The Morgan fingerprint density at radius 1 is 0.844 bits per heavy atom. The van der Waals surface area contributed by atoms with Crippen molar-refractivity contribution < 1.29 is 18.6 Å². The Labute approximate surface area is 192 Å². The van der Waals surface area contributed by atoms with Gasteiger partial charge in [-0.05, 0) is 37.1 Å². The smallest absolute Gasteiger partial charge is 0.153 e. The number of ether oxygens (including phenoxy) is 3. The van der Waals surface area contributed by atoms with E-state index in [2.05, 4.69) is 18.8 Å². The second-order valence-electron chi connectivity index (χ2n) is 8.66. The molecule has 5 heteroatoms. The molecule has 0 amide bonds. The standard InChI is InChI=1S/C27H38FNO3/c1-3-5-7-8-9-11-17-30-23-18-24(28)27(29-19-23)21-13-15-22(16-14-21)31-20-26-25(32-26)12-10-6-4-2/h13-16,18-19,25-26H,3-12,17,20H2,1-2H3/t25-,26-/m0/s1. The maximum Gasteiger partial charge on any atom is 0.153 e. The summed E-state index contributed by atoms with van der Waals surface area (Å²) in [5.41, 5.74) is 1.04. The lowest BCUT2D eigenvalue weighted by molar-refractivity contribution is 0.259. The molecule has 0 unspecified atom stereocenters. The lowest BCUT2D eigenvalue weighted by Crippen LogP contribution is -2.07. The van der Waals surface area contributed by atoms with Crippen molar-refractivity contribution in [1.29, 1.82) is 0 Å². The van der Waals surface area contributed by atoms with E-state index in [9.17, 15) is 4.39 Å². The Morgan fingerprint density at radius 3 is 2.31 bits per heavy atom. The van der Waals surface area contributed by atoms with Crippen LogP contribution in [0.5, 0.6) is 11.5 Å². The highest BCUT2D eigenvalue weighted by Gasteiger charge is 2.38. The number of hydrogen-bond donors (Lipinski definition) is 0. The van der Waals surface area contributed by atoms with Crippen molar-refractivity contribution in [1.82, 2.24) is 4.98 Å². The molecule has 0 radical (unpaired) electrons. The fraction of sp³-hybridized carbons (Fsp3) is 0.593. The normalized spacial score (nSPS) is 17.3. The topological polar surface area (TPSA) is 43.9 Å². The molecule has 3 rings (SSSR count). The maximum absolute atomic E-state index is 14.6. The number of epoxide rings is 1. The average molecular weight is 444 g/mol. The zero-order valence-electron chi connectivity index (χ0n) is 19.7. The van der Waals surface area contributed by atoms with Crippen LogP contribution in [-0.4, -0.2) is 30.4 Å². The van der Waals surface area contributed by atoms with Crippen molar-refractivity contribution in [2.75, 3.05) is 13.2 Å². The average Bonchev–Trinajstić information content (AvgIpc) is 3.56. The monoisotopic (exact) mass is 443 g/mol. The number of nitrogens with zero attached hydrogens (tertiary/aromatic N) is 1. The van der Waals surface area contributed by atoms with Crippen molar-refractivity contribution in [3.05, 3.63) is 42.3 Å². The molecule has 0 aliphatic carbocycles. The van der Waals surface area contributed by atoms with Crippen molar-refractivity contribution in [2.45, 2.75) is 90.3 Å². The first-order chi connectivity index (χ1) is 15.7. The molecular weight excluding hydrogens is 405 g/mol. The minimum Gasteiger partial charge on any atom is -0.492 e. The van der Waals surface area contributed by atoms with E-state index in [4.69, 9.17) is 14.2 Å². The van der Waals surface area contributed by atoms with Crippen LogP contribution < -0.4 is 9.47 Å². The number of halogens is 1. The van der Waals surface area contributed by atoms with Crippen LogP contribution in [0.25, 0.3) is 11.3 Å². The molecule has 1 saturated heterocycles. The third-order valence-electron chi connectivity index (χ3n) is 5.90. The van der Waals surface area contributed by atoms with Gasteiger partial charge in [0.25, 0.3) is 0 Å². The largest absolute Gasteiger partial charge is 0.492 e. The van der Waals surface area contributed by atoms with Crippen molar-refractivity contribution in [3.63, 3.8) is 0 Å². The van der Waals surface area contributed by atoms with Crippen LogP contribution in [0.4, 0.5) is 4.39 Å². The van der Waals surface area contributed by atoms with Crippen LogP contribution in [0.1, 0.15) is 78.1 Å². The number of unbranched alkanes of at least 4 members (excludes halogenated alkanes) is 7. The lowest BCUT2D eigenvalue weighted by atomic mass is 10.1. The highest BCUT2D eigenvalue weighted by atomic mass is 19.1. The van der Waals surface area contributed by atoms with E-state index < -0.39 is 0 Å². The molecular formula is C27H38FNO3. The van der Waals surface area contributed by atoms with Gasteiger partial charge in [-0.25, -0.2) is 9.37 Å². The Kier molecular flexibility index (Phi) is 10.3. The van der Waals surface area contributed by atoms with Crippen molar-refractivity contribution in [2.24, 2.45) is 0 Å². The summed E-state index contributed by atoms with van der Waals surface area (Å²) in [6, 6.07) is 8.81. The minimum atomic E-state index is -0.375. The van der Waals surface area contributed by atoms with Gasteiger partial charge in [-0.15, -0.1) is 0 Å². The van der Waals surface area contributed by atoms with Gasteiger partial charge in [0.15, 0.2) is 5.82 Å². The van der Waals surface area contributed by atoms with E-state index in [1.165, 1.54) is 51.0 Å². The van der Waals surface area contributed by atoms with Crippen LogP contribution in [0, 0.1) is 5.82 Å². The van der Waals surface area contributed by atoms with Gasteiger partial charge in [0, 0.05) is 11.6 Å². The first-order valence-electron chi connectivity index (χ1n) is 12.4. The molecule has 0 N–H and O–H groups in total. The van der Waals surface area contributed by atoms with Crippen LogP contribution in [0.15, 0.2) is 36.5 Å². The van der Waals surface area contributed by atoms with E-state index >= 15 is 0 Å². The Balaban J connectivity index is 1.40. The summed E-state index contributed by atoms with van der Waals surface area (Å²) < 4.78 is 31.8. The van der Waals surface area contributed by atoms with Gasteiger partial charge in [-0.1, -0.05) is 65.2 Å². The van der Waals surface area contributed by atoms with E-state index in [1.807, 2.05) is 24.3 Å². The highest BCUT2D eigenvalue weighted by molar-refractivity contribution is 5.61. The summed E-state index contributed by atoms with van der Waals surface area (Å²) in [7, 11) is 0. The van der Waals surface area contributed by atoms with Crippen LogP contribution in [0.2, 0.25) is 0 Å². The van der Waals surface area contributed by atoms with Crippen LogP contribution in [0.3, 0.4) is 0 Å². The molecule has 176 valence electrons. The van der Waals surface area contributed by atoms with Crippen molar-refractivity contribution >= 4 is 0 Å². The number of aromatic nitrogens is 1. The SMILES string of the molecule is CCCCCCCCOc1cnc(-c2ccc(OC[C@@H]3O[C@H]3CCCCC)cc2)c(F)c1. The predicted octanol–water partition coefficient (Wildman–Crippen LogP) is 7.35. The molecule has 4 nitrogen and oxygen atoms in total. The van der Waals surface area contributed by atoms with Gasteiger partial charge >= 0.3 is 0 Å². The number of rotatable bonds is 16. The van der Waals surface area contributed by atoms with Crippen molar-refractivity contribution in [3.8, 4) is 22.8 Å². The van der Waals surface area contributed by atoms with Gasteiger partial charge in [0.05, 0.1) is 18.9 Å². The summed E-state index contributed by atoms with van der Waals surface area (Å²) in [4.78, 5) is 4.29. The molecule has 32 heavy (non-hydrogen) atoms. The zero-order valence-corrected chi connectivity index (χ0v) is 19.7. The quantitative estimate of drug-likeness (QED) is 0.201. The summed E-state index contributed by atoms with van der Waals surface area (Å²) in [6.07, 6.45) is 14.1. The van der Waals surface area contributed by atoms with Crippen LogP contribution >= 0.6 is 0 Å². The molecule has 0 spiro atoms. The summed E-state index contributed by atoms with van der Waals surface area (Å²) in [5, 5.41) is 0. The number of benzene rings is 1. The summed E-state index contributed by atoms with van der Waals surface area (Å²) in [6.45, 7) is 5.58. The maximum atomic E-state index is 14.6.